The quantitative estimate of drug-likeness (QED) is 0.760. The lowest BCUT2D eigenvalue weighted by Crippen LogP contribution is -2.29. The van der Waals surface area contributed by atoms with Gasteiger partial charge in [-0.15, -0.1) is 0 Å². The predicted molar refractivity (Wildman–Crippen MR) is 69.1 cm³/mol. The highest BCUT2D eigenvalue weighted by molar-refractivity contribution is 6.30. The second-order valence-electron chi connectivity index (χ2n) is 3.92. The predicted octanol–water partition coefficient (Wildman–Crippen LogP) is 3.04. The third kappa shape index (κ3) is 5.02. The summed E-state index contributed by atoms with van der Waals surface area (Å²) in [5.74, 6) is -0.370. The Morgan fingerprint density at radius 2 is 2.24 bits per heavy atom. The topological polar surface area (TPSA) is 21.3 Å². The molecule has 0 bridgehead atoms. The van der Waals surface area contributed by atoms with E-state index in [-0.39, 0.29) is 10.8 Å². The summed E-state index contributed by atoms with van der Waals surface area (Å²) in [6.07, 6.45) is 1.75. The zero-order valence-electron chi connectivity index (χ0n) is 10.3. The van der Waals surface area contributed by atoms with Crippen molar-refractivity contribution in [3.8, 4) is 0 Å². The summed E-state index contributed by atoms with van der Waals surface area (Å²) in [5, 5.41) is 3.41. The van der Waals surface area contributed by atoms with Crippen LogP contribution in [0.15, 0.2) is 18.2 Å². The van der Waals surface area contributed by atoms with Crippen molar-refractivity contribution in [2.75, 3.05) is 20.3 Å². The van der Waals surface area contributed by atoms with Gasteiger partial charge in [-0.2, -0.15) is 0 Å². The number of hydrogen-bond donors (Lipinski definition) is 1. The van der Waals surface area contributed by atoms with Gasteiger partial charge in [0, 0.05) is 19.3 Å². The Morgan fingerprint density at radius 3 is 2.82 bits per heavy atom. The zero-order chi connectivity index (χ0) is 12.7. The second kappa shape index (κ2) is 7.64. The molecule has 0 saturated carbocycles. The third-order valence-electron chi connectivity index (χ3n) is 2.69. The van der Waals surface area contributed by atoms with Crippen LogP contribution >= 0.6 is 11.6 Å². The zero-order valence-corrected chi connectivity index (χ0v) is 11.1. The molecular weight excluding hydrogens is 241 g/mol. The maximum atomic E-state index is 13.0. The summed E-state index contributed by atoms with van der Waals surface area (Å²) in [6.45, 7) is 3.45. The molecule has 0 amide bonds. The van der Waals surface area contributed by atoms with Crippen LogP contribution in [0, 0.1) is 5.82 Å². The van der Waals surface area contributed by atoms with E-state index in [1.54, 1.807) is 12.1 Å². The molecule has 96 valence electrons. The van der Waals surface area contributed by atoms with Gasteiger partial charge in [-0.1, -0.05) is 17.7 Å². The number of halogens is 2. The maximum Gasteiger partial charge on any atom is 0.141 e. The Hall–Kier alpha value is -0.640. The largest absolute Gasteiger partial charge is 0.382 e. The molecule has 0 saturated heterocycles. The number of hydrogen-bond acceptors (Lipinski definition) is 2. The average Bonchev–Trinajstić information content (AvgIpc) is 2.32. The van der Waals surface area contributed by atoms with Crippen LogP contribution in [0.1, 0.15) is 18.9 Å². The summed E-state index contributed by atoms with van der Waals surface area (Å²) in [4.78, 5) is 0. The molecule has 1 atom stereocenters. The first kappa shape index (κ1) is 14.4. The summed E-state index contributed by atoms with van der Waals surface area (Å²) in [7, 11) is 1.92. The van der Waals surface area contributed by atoms with Gasteiger partial charge in [0.05, 0.1) is 5.02 Å². The van der Waals surface area contributed by atoms with Crippen molar-refractivity contribution in [2.45, 2.75) is 25.8 Å². The molecule has 0 aliphatic rings. The molecule has 0 aliphatic heterocycles. The Labute approximate surface area is 107 Å². The second-order valence-corrected chi connectivity index (χ2v) is 4.33. The van der Waals surface area contributed by atoms with Crippen molar-refractivity contribution in [1.82, 2.24) is 5.32 Å². The molecule has 1 unspecified atom stereocenters. The number of nitrogens with one attached hydrogen (secondary N) is 1. The molecule has 0 fully saturated rings. The van der Waals surface area contributed by atoms with Crippen LogP contribution in [0.25, 0.3) is 0 Å². The molecule has 0 heterocycles. The highest BCUT2D eigenvalue weighted by atomic mass is 35.5. The van der Waals surface area contributed by atoms with E-state index >= 15 is 0 Å². The maximum absolute atomic E-state index is 13.0. The molecule has 1 rings (SSSR count). The van der Waals surface area contributed by atoms with Gasteiger partial charge in [0.25, 0.3) is 0 Å². The van der Waals surface area contributed by atoms with Gasteiger partial charge in [0.15, 0.2) is 0 Å². The normalized spacial score (nSPS) is 12.7. The van der Waals surface area contributed by atoms with Crippen molar-refractivity contribution >= 4 is 11.6 Å². The Balaban J connectivity index is 2.51. The van der Waals surface area contributed by atoms with Crippen LogP contribution in [0.2, 0.25) is 5.02 Å². The smallest absolute Gasteiger partial charge is 0.141 e. The van der Waals surface area contributed by atoms with Gasteiger partial charge in [-0.25, -0.2) is 4.39 Å². The summed E-state index contributed by atoms with van der Waals surface area (Å²) >= 11 is 5.75. The van der Waals surface area contributed by atoms with Gasteiger partial charge in [-0.3, -0.25) is 0 Å². The Morgan fingerprint density at radius 1 is 1.47 bits per heavy atom. The first-order chi connectivity index (χ1) is 8.17. The van der Waals surface area contributed by atoms with Crippen LogP contribution in [0.3, 0.4) is 0 Å². The SMILES string of the molecule is CCOCCC(Cc1ccc(F)c(Cl)c1)NC. The molecule has 0 aliphatic carbocycles. The van der Waals surface area contributed by atoms with E-state index in [2.05, 4.69) is 5.32 Å². The fourth-order valence-corrected chi connectivity index (χ4v) is 1.87. The molecule has 0 radical (unpaired) electrons. The van der Waals surface area contributed by atoms with Crippen LogP contribution in [-0.4, -0.2) is 26.3 Å². The molecule has 0 spiro atoms. The monoisotopic (exact) mass is 259 g/mol. The molecule has 1 aromatic carbocycles. The van der Waals surface area contributed by atoms with Crippen LogP contribution < -0.4 is 5.32 Å². The summed E-state index contributed by atoms with van der Waals surface area (Å²) in [6, 6.07) is 5.18. The average molecular weight is 260 g/mol. The number of likely N-dealkylation sites (N-methyl/N-ethyl adjacent to an activating group) is 1. The number of benzene rings is 1. The van der Waals surface area contributed by atoms with E-state index in [0.29, 0.717) is 6.04 Å². The van der Waals surface area contributed by atoms with E-state index in [1.165, 1.54) is 6.07 Å². The lowest BCUT2D eigenvalue weighted by atomic mass is 10.0. The minimum absolute atomic E-state index is 0.183. The summed E-state index contributed by atoms with van der Waals surface area (Å²) < 4.78 is 18.3. The molecule has 0 aromatic heterocycles. The molecule has 4 heteroatoms. The highest BCUT2D eigenvalue weighted by Crippen LogP contribution is 2.17. The Bertz CT molecular complexity index is 346. The van der Waals surface area contributed by atoms with Crippen molar-refractivity contribution in [1.29, 1.82) is 0 Å². The van der Waals surface area contributed by atoms with Crippen molar-refractivity contribution in [3.05, 3.63) is 34.6 Å². The fraction of sp³-hybridized carbons (Fsp3) is 0.538. The van der Waals surface area contributed by atoms with Crippen molar-refractivity contribution < 1.29 is 9.13 Å². The highest BCUT2D eigenvalue weighted by Gasteiger charge is 2.08. The van der Waals surface area contributed by atoms with E-state index in [9.17, 15) is 4.39 Å². The van der Waals surface area contributed by atoms with E-state index in [4.69, 9.17) is 16.3 Å². The lowest BCUT2D eigenvalue weighted by molar-refractivity contribution is 0.137. The third-order valence-corrected chi connectivity index (χ3v) is 2.98. The van der Waals surface area contributed by atoms with Gasteiger partial charge >= 0.3 is 0 Å². The molecule has 2 nitrogen and oxygen atoms in total. The van der Waals surface area contributed by atoms with Crippen molar-refractivity contribution in [2.24, 2.45) is 0 Å². The standard InChI is InChI=1S/C13H19ClFNO/c1-3-17-7-6-11(16-2)8-10-4-5-13(15)12(14)9-10/h4-5,9,11,16H,3,6-8H2,1-2H3. The molecule has 17 heavy (non-hydrogen) atoms. The van der Waals surface area contributed by atoms with Crippen LogP contribution in [-0.2, 0) is 11.2 Å². The molecular formula is C13H19ClFNO. The number of rotatable bonds is 7. The van der Waals surface area contributed by atoms with Crippen LogP contribution in [0.5, 0.6) is 0 Å². The minimum atomic E-state index is -0.370. The van der Waals surface area contributed by atoms with E-state index in [0.717, 1.165) is 31.6 Å². The first-order valence-electron chi connectivity index (χ1n) is 5.86. The summed E-state index contributed by atoms with van der Waals surface area (Å²) in [5.41, 5.74) is 1.03. The molecule has 1 N–H and O–H groups in total. The fourth-order valence-electron chi connectivity index (χ4n) is 1.67. The minimum Gasteiger partial charge on any atom is -0.382 e. The van der Waals surface area contributed by atoms with Gasteiger partial charge in [0.2, 0.25) is 0 Å². The first-order valence-corrected chi connectivity index (χ1v) is 6.24. The van der Waals surface area contributed by atoms with E-state index in [1.807, 2.05) is 14.0 Å². The van der Waals surface area contributed by atoms with Gasteiger partial charge < -0.3 is 10.1 Å². The van der Waals surface area contributed by atoms with Gasteiger partial charge in [-0.05, 0) is 44.5 Å². The number of ether oxygens (including phenoxy) is 1. The van der Waals surface area contributed by atoms with Gasteiger partial charge in [0.1, 0.15) is 5.82 Å². The Kier molecular flexibility index (Phi) is 6.48. The van der Waals surface area contributed by atoms with E-state index < -0.39 is 0 Å². The molecule has 1 aromatic rings. The lowest BCUT2D eigenvalue weighted by Gasteiger charge is -2.16. The van der Waals surface area contributed by atoms with Crippen LogP contribution in [0.4, 0.5) is 4.39 Å². The van der Waals surface area contributed by atoms with Crippen molar-refractivity contribution in [3.63, 3.8) is 0 Å².